The van der Waals surface area contributed by atoms with E-state index in [1.165, 1.54) is 0 Å². The van der Waals surface area contributed by atoms with Crippen molar-refractivity contribution in [2.24, 2.45) is 0 Å². The number of nitrogens with zero attached hydrogens (tertiary/aromatic N) is 1. The number of rotatable bonds is 5. The summed E-state index contributed by atoms with van der Waals surface area (Å²) >= 11 is 0. The van der Waals surface area contributed by atoms with Gasteiger partial charge in [-0.2, -0.15) is 5.26 Å². The van der Waals surface area contributed by atoms with Crippen LogP contribution in [0.4, 0.5) is 0 Å². The predicted molar refractivity (Wildman–Crippen MR) is 107 cm³/mol. The van der Waals surface area contributed by atoms with Gasteiger partial charge in [-0.3, -0.25) is 4.79 Å². The maximum atomic E-state index is 13.4. The first-order valence-electron chi connectivity index (χ1n) is 9.23. The Kier molecular flexibility index (Phi) is 5.03. The van der Waals surface area contributed by atoms with Crippen LogP contribution < -0.4 is 9.47 Å². The van der Waals surface area contributed by atoms with Gasteiger partial charge in [0.2, 0.25) is 0 Å². The van der Waals surface area contributed by atoms with Crippen molar-refractivity contribution in [2.45, 2.75) is 18.6 Å². The standard InChI is InChI=1S/C24H19NO4/c1-28-19-9-7-18(8-10-19)24-22(20-11-4-16(14-26)12-21(20)29-24)23(27)17-5-2-15(13-25)3-6-17/h2-12,22,24,26H,14H2,1H3. The summed E-state index contributed by atoms with van der Waals surface area (Å²) in [4.78, 5) is 13.4. The van der Waals surface area contributed by atoms with E-state index >= 15 is 0 Å². The molecular formula is C24H19NO4. The van der Waals surface area contributed by atoms with Crippen LogP contribution in [0.2, 0.25) is 0 Å². The van der Waals surface area contributed by atoms with E-state index in [9.17, 15) is 9.90 Å². The van der Waals surface area contributed by atoms with Crippen LogP contribution in [0.25, 0.3) is 0 Å². The zero-order chi connectivity index (χ0) is 20.4. The fraction of sp³-hybridized carbons (Fsp3) is 0.167. The molecule has 2 unspecified atom stereocenters. The van der Waals surface area contributed by atoms with Crippen LogP contribution in [0.5, 0.6) is 11.5 Å². The molecule has 3 aromatic carbocycles. The van der Waals surface area contributed by atoms with Gasteiger partial charge in [0, 0.05) is 11.1 Å². The summed E-state index contributed by atoms with van der Waals surface area (Å²) in [5, 5.41) is 18.5. The lowest BCUT2D eigenvalue weighted by molar-refractivity contribution is 0.0895. The third kappa shape index (κ3) is 3.46. The van der Waals surface area contributed by atoms with E-state index in [2.05, 4.69) is 6.07 Å². The van der Waals surface area contributed by atoms with Crippen LogP contribution in [0.15, 0.2) is 66.7 Å². The van der Waals surface area contributed by atoms with Gasteiger partial charge < -0.3 is 14.6 Å². The number of aliphatic hydroxyl groups excluding tert-OH is 1. The van der Waals surface area contributed by atoms with Crippen molar-refractivity contribution < 1.29 is 19.4 Å². The lowest BCUT2D eigenvalue weighted by Crippen LogP contribution is -2.19. The van der Waals surface area contributed by atoms with Crippen molar-refractivity contribution in [2.75, 3.05) is 7.11 Å². The molecule has 1 heterocycles. The summed E-state index contributed by atoms with van der Waals surface area (Å²) in [5.41, 5.74) is 3.40. The molecule has 1 aliphatic heterocycles. The van der Waals surface area contributed by atoms with Crippen LogP contribution in [-0.2, 0) is 6.61 Å². The van der Waals surface area contributed by atoms with Gasteiger partial charge in [-0.15, -0.1) is 0 Å². The minimum absolute atomic E-state index is 0.0780. The second kappa shape index (κ2) is 7.78. The van der Waals surface area contributed by atoms with Gasteiger partial charge in [0.25, 0.3) is 0 Å². The highest BCUT2D eigenvalue weighted by atomic mass is 16.5. The Balaban J connectivity index is 1.76. The normalized spacial score (nSPS) is 17.1. The number of nitriles is 1. The Morgan fingerprint density at radius 1 is 1.10 bits per heavy atom. The summed E-state index contributed by atoms with van der Waals surface area (Å²) in [5.74, 6) is 0.719. The zero-order valence-electron chi connectivity index (χ0n) is 15.8. The lowest BCUT2D eigenvalue weighted by atomic mass is 9.84. The maximum Gasteiger partial charge on any atom is 0.174 e. The molecule has 5 nitrogen and oxygen atoms in total. The number of ether oxygens (including phenoxy) is 2. The Labute approximate surface area is 168 Å². The first-order valence-corrected chi connectivity index (χ1v) is 9.23. The molecule has 144 valence electrons. The predicted octanol–water partition coefficient (Wildman–Crippen LogP) is 4.16. The molecule has 0 radical (unpaired) electrons. The Morgan fingerprint density at radius 2 is 1.83 bits per heavy atom. The molecule has 5 heteroatoms. The molecule has 1 N–H and O–H groups in total. The van der Waals surface area contributed by atoms with E-state index in [0.29, 0.717) is 16.9 Å². The smallest absolute Gasteiger partial charge is 0.174 e. The van der Waals surface area contributed by atoms with Gasteiger partial charge in [0.15, 0.2) is 5.78 Å². The first kappa shape index (κ1) is 18.7. The summed E-state index contributed by atoms with van der Waals surface area (Å²) in [6, 6.07) is 21.6. The van der Waals surface area contributed by atoms with Gasteiger partial charge in [0.05, 0.1) is 31.3 Å². The molecule has 0 saturated carbocycles. The van der Waals surface area contributed by atoms with Gasteiger partial charge >= 0.3 is 0 Å². The van der Waals surface area contributed by atoms with Crippen LogP contribution in [0.3, 0.4) is 0 Å². The van der Waals surface area contributed by atoms with Gasteiger partial charge in [-0.1, -0.05) is 36.4 Å². The first-order chi connectivity index (χ1) is 14.1. The van der Waals surface area contributed by atoms with Crippen molar-refractivity contribution >= 4 is 5.78 Å². The van der Waals surface area contributed by atoms with Crippen LogP contribution in [0.1, 0.15) is 44.6 Å². The number of hydrogen-bond donors (Lipinski definition) is 1. The second-order valence-corrected chi connectivity index (χ2v) is 6.87. The van der Waals surface area contributed by atoms with Crippen molar-refractivity contribution in [3.8, 4) is 17.6 Å². The van der Waals surface area contributed by atoms with E-state index in [0.717, 1.165) is 22.4 Å². The molecule has 0 saturated heterocycles. The highest BCUT2D eigenvalue weighted by Crippen LogP contribution is 2.48. The summed E-state index contributed by atoms with van der Waals surface area (Å²) in [7, 11) is 1.60. The number of benzene rings is 3. The number of methoxy groups -OCH3 is 1. The maximum absolute atomic E-state index is 13.4. The SMILES string of the molecule is COc1ccc(C2Oc3cc(CO)ccc3C2C(=O)c2ccc(C#N)cc2)cc1. The minimum atomic E-state index is -0.529. The molecule has 0 aromatic heterocycles. The van der Waals surface area contributed by atoms with Gasteiger partial charge in [-0.05, 0) is 41.5 Å². The quantitative estimate of drug-likeness (QED) is 0.667. The summed E-state index contributed by atoms with van der Waals surface area (Å²) in [6.07, 6.45) is -0.493. The average molecular weight is 385 g/mol. The number of Topliss-reactive ketones (excluding diaryl/α,β-unsaturated/α-hetero) is 1. The van der Waals surface area contributed by atoms with E-state index in [1.807, 2.05) is 30.3 Å². The minimum Gasteiger partial charge on any atom is -0.497 e. The topological polar surface area (TPSA) is 79.5 Å². The van der Waals surface area contributed by atoms with Crippen molar-refractivity contribution in [1.82, 2.24) is 0 Å². The highest BCUT2D eigenvalue weighted by Gasteiger charge is 2.40. The highest BCUT2D eigenvalue weighted by molar-refractivity contribution is 6.02. The van der Waals surface area contributed by atoms with E-state index in [1.54, 1.807) is 43.5 Å². The lowest BCUT2D eigenvalue weighted by Gasteiger charge is -2.19. The zero-order valence-corrected chi connectivity index (χ0v) is 15.8. The fourth-order valence-electron chi connectivity index (χ4n) is 3.63. The molecule has 29 heavy (non-hydrogen) atoms. The molecule has 3 aromatic rings. The Morgan fingerprint density at radius 3 is 2.45 bits per heavy atom. The third-order valence-electron chi connectivity index (χ3n) is 5.18. The third-order valence-corrected chi connectivity index (χ3v) is 5.18. The summed E-state index contributed by atoms with van der Waals surface area (Å²) in [6.45, 7) is -0.0991. The number of aliphatic hydroxyl groups is 1. The number of ketones is 1. The van der Waals surface area contributed by atoms with Crippen LogP contribution in [0, 0.1) is 11.3 Å². The second-order valence-electron chi connectivity index (χ2n) is 6.87. The van der Waals surface area contributed by atoms with Crippen LogP contribution in [-0.4, -0.2) is 18.0 Å². The van der Waals surface area contributed by atoms with Crippen molar-refractivity contribution in [3.05, 3.63) is 94.5 Å². The molecule has 1 aliphatic rings. The van der Waals surface area contributed by atoms with Crippen molar-refractivity contribution in [3.63, 3.8) is 0 Å². The van der Waals surface area contributed by atoms with Crippen LogP contribution >= 0.6 is 0 Å². The molecule has 4 rings (SSSR count). The van der Waals surface area contributed by atoms with E-state index in [4.69, 9.17) is 14.7 Å². The summed E-state index contributed by atoms with van der Waals surface area (Å²) < 4.78 is 11.4. The number of fused-ring (bicyclic) bond motifs is 1. The molecular weight excluding hydrogens is 366 g/mol. The largest absolute Gasteiger partial charge is 0.497 e. The molecule has 0 bridgehead atoms. The van der Waals surface area contributed by atoms with Gasteiger partial charge in [0.1, 0.15) is 17.6 Å². The van der Waals surface area contributed by atoms with E-state index < -0.39 is 12.0 Å². The van der Waals surface area contributed by atoms with Crippen molar-refractivity contribution in [1.29, 1.82) is 5.26 Å². The van der Waals surface area contributed by atoms with E-state index in [-0.39, 0.29) is 12.4 Å². The monoisotopic (exact) mass is 385 g/mol. The van der Waals surface area contributed by atoms with Gasteiger partial charge in [-0.25, -0.2) is 0 Å². The number of carbonyl (C=O) groups excluding carboxylic acids is 1. The molecule has 2 atom stereocenters. The number of carbonyl (C=O) groups is 1. The average Bonchev–Trinajstić information content (AvgIpc) is 3.17. The fourth-order valence-corrected chi connectivity index (χ4v) is 3.63. The number of hydrogen-bond acceptors (Lipinski definition) is 5. The molecule has 0 amide bonds. The Bertz CT molecular complexity index is 1080. The molecule has 0 fully saturated rings. The Hall–Kier alpha value is -3.62. The molecule has 0 aliphatic carbocycles. The molecule has 0 spiro atoms.